The van der Waals surface area contributed by atoms with E-state index in [-0.39, 0.29) is 17.9 Å². The Morgan fingerprint density at radius 3 is 1.64 bits per heavy atom. The number of nitrogens with zero attached hydrogens (tertiary/aromatic N) is 1. The number of carbonyl (C=O) groups excluding carboxylic acids is 1. The maximum atomic E-state index is 13.7. The lowest BCUT2D eigenvalue weighted by molar-refractivity contribution is -0.887. The van der Waals surface area contributed by atoms with Crippen molar-refractivity contribution < 1.29 is 18.8 Å². The molecular formula is C39H49N2O3+. The van der Waals surface area contributed by atoms with Crippen LogP contribution in [0.5, 0.6) is 11.5 Å². The summed E-state index contributed by atoms with van der Waals surface area (Å²) in [6, 6.07) is 38.6. The van der Waals surface area contributed by atoms with Crippen molar-refractivity contribution in [1.29, 1.82) is 0 Å². The van der Waals surface area contributed by atoms with E-state index >= 15 is 0 Å². The lowest BCUT2D eigenvalue weighted by atomic mass is 9.83. The Hall–Kier alpha value is -4.09. The molecular weight excluding hydrogens is 544 g/mol. The first-order chi connectivity index (χ1) is 21.4. The summed E-state index contributed by atoms with van der Waals surface area (Å²) in [5.74, 6) is 1.81. The van der Waals surface area contributed by atoms with Crippen LogP contribution in [0.1, 0.15) is 61.1 Å². The third-order valence-electron chi connectivity index (χ3n) is 7.95. The number of benzene rings is 4. The fourth-order valence-electron chi connectivity index (χ4n) is 5.64. The smallest absolute Gasteiger partial charge is 0.279 e. The second-order valence-electron chi connectivity index (χ2n) is 12.4. The summed E-state index contributed by atoms with van der Waals surface area (Å²) in [7, 11) is 6.34. The van der Waals surface area contributed by atoms with E-state index < -0.39 is 0 Å². The van der Waals surface area contributed by atoms with Gasteiger partial charge in [0.25, 0.3) is 5.91 Å². The van der Waals surface area contributed by atoms with E-state index in [9.17, 15) is 4.79 Å². The van der Waals surface area contributed by atoms with E-state index in [2.05, 4.69) is 87.1 Å². The monoisotopic (exact) mass is 593 g/mol. The van der Waals surface area contributed by atoms with Gasteiger partial charge in [-0.25, -0.2) is 0 Å². The molecule has 1 amide bonds. The molecule has 0 bridgehead atoms. The van der Waals surface area contributed by atoms with Gasteiger partial charge in [-0.15, -0.1) is 0 Å². The van der Waals surface area contributed by atoms with Crippen molar-refractivity contribution in [2.45, 2.75) is 57.1 Å². The van der Waals surface area contributed by atoms with Gasteiger partial charge in [0.15, 0.2) is 6.04 Å². The first kappa shape index (κ1) is 32.8. The summed E-state index contributed by atoms with van der Waals surface area (Å²) in [5, 5.41) is 3.28. The number of quaternary nitrogens is 1. The average Bonchev–Trinajstić information content (AvgIpc) is 3.04. The molecule has 4 aromatic rings. The summed E-state index contributed by atoms with van der Waals surface area (Å²) in [6.45, 7) is 1.99. The zero-order valence-corrected chi connectivity index (χ0v) is 26.7. The number of ether oxygens (including phenoxy) is 2. The van der Waals surface area contributed by atoms with Crippen LogP contribution in [-0.2, 0) is 11.4 Å². The van der Waals surface area contributed by atoms with Crippen LogP contribution in [0, 0.1) is 0 Å². The van der Waals surface area contributed by atoms with Crippen LogP contribution in [0.4, 0.5) is 0 Å². The number of nitrogens with one attached hydrogen (secondary N) is 1. The largest absolute Gasteiger partial charge is 0.494 e. The third-order valence-corrected chi connectivity index (χ3v) is 7.95. The van der Waals surface area contributed by atoms with Gasteiger partial charge in [0, 0.05) is 6.54 Å². The van der Waals surface area contributed by atoms with Gasteiger partial charge < -0.3 is 19.3 Å². The molecule has 4 rings (SSSR count). The first-order valence-electron chi connectivity index (χ1n) is 16.0. The van der Waals surface area contributed by atoms with Crippen LogP contribution >= 0.6 is 0 Å². The number of amides is 1. The summed E-state index contributed by atoms with van der Waals surface area (Å²) in [4.78, 5) is 13.7. The van der Waals surface area contributed by atoms with Gasteiger partial charge in [0.05, 0.1) is 33.7 Å². The number of carbonyl (C=O) groups is 1. The number of likely N-dealkylation sites (N-methyl/N-ethyl adjacent to an activating group) is 1. The van der Waals surface area contributed by atoms with Crippen molar-refractivity contribution in [2.24, 2.45) is 0 Å². The first-order valence-corrected chi connectivity index (χ1v) is 16.0. The molecule has 0 aliphatic carbocycles. The molecule has 4 aromatic carbocycles. The molecule has 0 aliphatic heterocycles. The molecule has 5 nitrogen and oxygen atoms in total. The predicted octanol–water partition coefficient (Wildman–Crippen LogP) is 8.01. The minimum atomic E-state index is -0.238. The Bertz CT molecular complexity index is 1310. The van der Waals surface area contributed by atoms with Gasteiger partial charge in [-0.3, -0.25) is 4.79 Å². The zero-order chi connectivity index (χ0) is 31.0. The Kier molecular flexibility index (Phi) is 12.9. The third kappa shape index (κ3) is 10.6. The molecule has 1 N–H and O–H groups in total. The highest BCUT2D eigenvalue weighted by Gasteiger charge is 2.40. The van der Waals surface area contributed by atoms with Gasteiger partial charge in [-0.2, -0.15) is 0 Å². The Labute approximate surface area is 264 Å². The number of hydrogen-bond donors (Lipinski definition) is 1. The molecule has 44 heavy (non-hydrogen) atoms. The van der Waals surface area contributed by atoms with Crippen molar-refractivity contribution in [3.63, 3.8) is 0 Å². The molecule has 0 aliphatic rings. The fraction of sp³-hybridized carbons (Fsp3) is 0.359. The van der Waals surface area contributed by atoms with Crippen molar-refractivity contribution >= 4 is 5.91 Å². The SMILES string of the molecule is C[N+](C)(C)C(C(=O)NCCCCCCCCOc1ccc(OCc2ccccc2)cc1)C(c1ccccc1)c1ccccc1. The molecule has 1 atom stereocenters. The summed E-state index contributed by atoms with van der Waals surface area (Å²) >= 11 is 0. The Morgan fingerprint density at radius 1 is 0.614 bits per heavy atom. The molecule has 5 heteroatoms. The average molecular weight is 594 g/mol. The number of hydrogen-bond acceptors (Lipinski definition) is 3. The van der Waals surface area contributed by atoms with E-state index in [0.717, 1.165) is 49.4 Å². The zero-order valence-electron chi connectivity index (χ0n) is 26.7. The topological polar surface area (TPSA) is 47.6 Å². The van der Waals surface area contributed by atoms with Gasteiger partial charge in [-0.1, -0.05) is 117 Å². The maximum absolute atomic E-state index is 13.7. The lowest BCUT2D eigenvalue weighted by Crippen LogP contribution is -2.57. The van der Waals surface area contributed by atoms with Gasteiger partial charge in [-0.05, 0) is 53.8 Å². The molecule has 0 radical (unpaired) electrons. The second kappa shape index (κ2) is 17.3. The van der Waals surface area contributed by atoms with Gasteiger partial charge in [0.1, 0.15) is 18.1 Å². The van der Waals surface area contributed by atoms with E-state index in [0.29, 0.717) is 17.6 Å². The molecule has 0 saturated carbocycles. The van der Waals surface area contributed by atoms with Crippen LogP contribution in [0.15, 0.2) is 115 Å². The van der Waals surface area contributed by atoms with Crippen molar-refractivity contribution in [3.8, 4) is 11.5 Å². The standard InChI is InChI=1S/C39H48N2O3/c1-41(2,3)38(37(33-21-13-9-14-22-33)34-23-15-10-16-24-34)39(42)40-29-17-6-4-5-7-18-30-43-35-25-27-36(28-26-35)44-31-32-19-11-8-12-20-32/h8-16,19-28,37-38H,4-7,17-18,29-31H2,1-3H3/p+1. The molecule has 232 valence electrons. The fourth-order valence-corrected chi connectivity index (χ4v) is 5.64. The molecule has 0 spiro atoms. The van der Waals surface area contributed by atoms with Crippen molar-refractivity contribution in [3.05, 3.63) is 132 Å². The molecule has 0 fully saturated rings. The van der Waals surface area contributed by atoms with E-state index in [1.54, 1.807) is 0 Å². The van der Waals surface area contributed by atoms with Crippen LogP contribution in [0.3, 0.4) is 0 Å². The van der Waals surface area contributed by atoms with E-state index in [1.165, 1.54) is 24.0 Å². The summed E-state index contributed by atoms with van der Waals surface area (Å²) in [6.07, 6.45) is 6.63. The van der Waals surface area contributed by atoms with Crippen LogP contribution in [-0.4, -0.2) is 50.7 Å². The van der Waals surface area contributed by atoms with Crippen molar-refractivity contribution in [1.82, 2.24) is 5.32 Å². The van der Waals surface area contributed by atoms with Gasteiger partial charge in [0.2, 0.25) is 0 Å². The molecule has 1 unspecified atom stereocenters. The van der Waals surface area contributed by atoms with E-state index in [1.807, 2.05) is 54.6 Å². The number of unbranched alkanes of at least 4 members (excludes halogenated alkanes) is 5. The lowest BCUT2D eigenvalue weighted by Gasteiger charge is -2.38. The summed E-state index contributed by atoms with van der Waals surface area (Å²) < 4.78 is 12.3. The quantitative estimate of drug-likeness (QED) is 0.0939. The van der Waals surface area contributed by atoms with Gasteiger partial charge >= 0.3 is 0 Å². The van der Waals surface area contributed by atoms with Crippen molar-refractivity contribution in [2.75, 3.05) is 34.3 Å². The highest BCUT2D eigenvalue weighted by atomic mass is 16.5. The Balaban J connectivity index is 1.12. The van der Waals surface area contributed by atoms with Crippen LogP contribution < -0.4 is 14.8 Å². The molecule has 0 saturated heterocycles. The highest BCUT2D eigenvalue weighted by molar-refractivity contribution is 5.82. The number of rotatable bonds is 18. The Morgan fingerprint density at radius 2 is 1.09 bits per heavy atom. The minimum absolute atomic E-state index is 0.0227. The summed E-state index contributed by atoms with van der Waals surface area (Å²) in [5.41, 5.74) is 3.49. The van der Waals surface area contributed by atoms with Crippen LogP contribution in [0.25, 0.3) is 0 Å². The highest BCUT2D eigenvalue weighted by Crippen LogP contribution is 2.32. The van der Waals surface area contributed by atoms with Crippen LogP contribution in [0.2, 0.25) is 0 Å². The normalized spacial score (nSPS) is 12.1. The minimum Gasteiger partial charge on any atom is -0.494 e. The molecule has 0 heterocycles. The second-order valence-corrected chi connectivity index (χ2v) is 12.4. The molecule has 0 aromatic heterocycles. The maximum Gasteiger partial charge on any atom is 0.279 e. The predicted molar refractivity (Wildman–Crippen MR) is 180 cm³/mol. The van der Waals surface area contributed by atoms with E-state index in [4.69, 9.17) is 9.47 Å².